The topological polar surface area (TPSA) is 231 Å². The van der Waals surface area contributed by atoms with E-state index in [1.165, 1.54) is 30.3 Å². The second-order valence-electron chi connectivity index (χ2n) is 10.3. The summed E-state index contributed by atoms with van der Waals surface area (Å²) < 4.78 is 42.8. The Morgan fingerprint density at radius 3 is 2.06 bits per heavy atom. The maximum absolute atomic E-state index is 12.8. The minimum Gasteiger partial charge on any atom is -0.467 e. The van der Waals surface area contributed by atoms with Gasteiger partial charge < -0.3 is 43.2 Å². The van der Waals surface area contributed by atoms with Crippen LogP contribution in [0.15, 0.2) is 42.5 Å². The molecule has 1 saturated heterocycles. The van der Waals surface area contributed by atoms with Crippen molar-refractivity contribution in [3.05, 3.63) is 58.1 Å². The van der Waals surface area contributed by atoms with Gasteiger partial charge in [0.05, 0.1) is 17.7 Å². The van der Waals surface area contributed by atoms with E-state index in [1.807, 2.05) is 0 Å². The summed E-state index contributed by atoms with van der Waals surface area (Å²) in [5.74, 6) is -4.19. The summed E-state index contributed by atoms with van der Waals surface area (Å²) in [6.07, 6.45) is -8.79. The number of esters is 4. The molecule has 1 heterocycles. The molecule has 49 heavy (non-hydrogen) atoms. The van der Waals surface area contributed by atoms with Gasteiger partial charge in [-0.25, -0.2) is 9.59 Å². The van der Waals surface area contributed by atoms with Gasteiger partial charge in [-0.05, 0) is 36.2 Å². The van der Waals surface area contributed by atoms with E-state index in [0.29, 0.717) is 12.0 Å². The quantitative estimate of drug-likeness (QED) is 0.105. The van der Waals surface area contributed by atoms with Crippen molar-refractivity contribution < 1.29 is 71.6 Å². The number of rotatable bonds is 13. The molecule has 5 atom stereocenters. The molecule has 0 aromatic heterocycles. The Morgan fingerprint density at radius 1 is 0.878 bits per heavy atom. The lowest BCUT2D eigenvalue weighted by molar-refractivity contribution is -0.384. The third kappa shape index (κ3) is 10.9. The number of ether oxygens (including phenoxy) is 8. The summed E-state index contributed by atoms with van der Waals surface area (Å²) >= 11 is 0. The molecule has 1 aliphatic heterocycles. The van der Waals surface area contributed by atoms with Crippen LogP contribution in [0.2, 0.25) is 0 Å². The molecule has 2 aromatic carbocycles. The number of carbonyl (C=O) groups excluding carboxylic acids is 6. The predicted molar refractivity (Wildman–Crippen MR) is 162 cm³/mol. The van der Waals surface area contributed by atoms with E-state index in [2.05, 4.69) is 5.32 Å². The Labute approximate surface area is 278 Å². The zero-order chi connectivity index (χ0) is 36.2. The van der Waals surface area contributed by atoms with Gasteiger partial charge in [-0.15, -0.1) is 0 Å². The number of benzene rings is 2. The molecule has 2 aromatic rings. The van der Waals surface area contributed by atoms with Crippen LogP contribution < -0.4 is 14.8 Å². The largest absolute Gasteiger partial charge is 0.514 e. The Balaban J connectivity index is 1.92. The maximum Gasteiger partial charge on any atom is 0.514 e. The minimum atomic E-state index is -1.72. The molecule has 264 valence electrons. The van der Waals surface area contributed by atoms with Gasteiger partial charge >= 0.3 is 30.0 Å². The molecule has 3 rings (SSSR count). The van der Waals surface area contributed by atoms with Crippen molar-refractivity contribution in [2.75, 3.05) is 12.4 Å². The molecule has 18 heteroatoms. The number of non-ortho nitro benzene ring substituents is 1. The fourth-order valence-electron chi connectivity index (χ4n) is 4.51. The second-order valence-corrected chi connectivity index (χ2v) is 10.3. The number of nitro benzene ring substituents is 1. The van der Waals surface area contributed by atoms with Crippen LogP contribution in [0.1, 0.15) is 46.1 Å². The van der Waals surface area contributed by atoms with Crippen LogP contribution in [0.5, 0.6) is 11.5 Å². The highest BCUT2D eigenvalue weighted by molar-refractivity contribution is 5.92. The molecule has 0 aliphatic carbocycles. The molecule has 18 nitrogen and oxygen atoms in total. The van der Waals surface area contributed by atoms with Crippen LogP contribution in [-0.2, 0) is 59.0 Å². The molecule has 0 radical (unpaired) electrons. The number of amides is 1. The van der Waals surface area contributed by atoms with Crippen molar-refractivity contribution in [3.63, 3.8) is 0 Å². The normalized spacial score (nSPS) is 19.7. The third-order valence-corrected chi connectivity index (χ3v) is 6.48. The van der Waals surface area contributed by atoms with Gasteiger partial charge in [0, 0.05) is 39.3 Å². The van der Waals surface area contributed by atoms with Gasteiger partial charge in [0.15, 0.2) is 18.3 Å². The molecular weight excluding hydrogens is 656 g/mol. The van der Waals surface area contributed by atoms with E-state index in [0.717, 1.165) is 40.0 Å². The highest BCUT2D eigenvalue weighted by atomic mass is 16.7. The highest BCUT2D eigenvalue weighted by Gasteiger charge is 2.56. The van der Waals surface area contributed by atoms with Gasteiger partial charge in [0.25, 0.3) is 5.69 Å². The van der Waals surface area contributed by atoms with Crippen molar-refractivity contribution in [2.24, 2.45) is 0 Å². The Bertz CT molecular complexity index is 1560. The standard InChI is InChI=1S/C31H34N2O16/c1-6-7-24(37)32-22-14-19(15-43-31(39)47-21-11-9-20(10-12-21)33(40)41)8-13-23(22)48-30-28(46-18(4)36)26(45-17(3)35)25(44-16(2)34)27(49-30)29(38)42-5/h8-14,25-28,30H,6-7,15H2,1-5H3,(H,32,37)/t25-,26-,27-,28+,30+/m1/s1. The fourth-order valence-corrected chi connectivity index (χ4v) is 4.51. The predicted octanol–water partition coefficient (Wildman–Crippen LogP) is 3.12. The lowest BCUT2D eigenvalue weighted by Gasteiger charge is -2.43. The molecule has 0 spiro atoms. The number of hydrogen-bond donors (Lipinski definition) is 1. The molecule has 1 aliphatic rings. The van der Waals surface area contributed by atoms with E-state index < -0.39 is 71.6 Å². The van der Waals surface area contributed by atoms with E-state index in [-0.39, 0.29) is 35.9 Å². The summed E-state index contributed by atoms with van der Waals surface area (Å²) in [6, 6.07) is 8.91. The summed E-state index contributed by atoms with van der Waals surface area (Å²) in [5.41, 5.74) is 0.167. The van der Waals surface area contributed by atoms with Crippen LogP contribution in [0, 0.1) is 10.1 Å². The molecule has 0 saturated carbocycles. The summed E-state index contributed by atoms with van der Waals surface area (Å²) in [4.78, 5) is 84.1. The summed E-state index contributed by atoms with van der Waals surface area (Å²) in [7, 11) is 1.04. The average Bonchev–Trinajstić information content (AvgIpc) is 3.03. The van der Waals surface area contributed by atoms with E-state index in [4.69, 9.17) is 37.9 Å². The molecule has 0 bridgehead atoms. The van der Waals surface area contributed by atoms with Crippen molar-refractivity contribution in [1.82, 2.24) is 0 Å². The van der Waals surface area contributed by atoms with Gasteiger partial charge in [0.1, 0.15) is 18.1 Å². The zero-order valence-electron chi connectivity index (χ0n) is 27.0. The molecule has 0 unspecified atom stereocenters. The first-order valence-electron chi connectivity index (χ1n) is 14.7. The number of nitrogens with zero attached hydrogens (tertiary/aromatic N) is 1. The lowest BCUT2D eigenvalue weighted by atomic mass is 9.97. The number of hydrogen-bond acceptors (Lipinski definition) is 16. The van der Waals surface area contributed by atoms with Gasteiger partial charge in [-0.1, -0.05) is 13.0 Å². The molecule has 1 fully saturated rings. The lowest BCUT2D eigenvalue weighted by Crippen LogP contribution is -2.64. The van der Waals surface area contributed by atoms with Crippen LogP contribution in [0.25, 0.3) is 0 Å². The monoisotopic (exact) mass is 690 g/mol. The van der Waals surface area contributed by atoms with Crippen LogP contribution in [0.3, 0.4) is 0 Å². The number of methoxy groups -OCH3 is 1. The smallest absolute Gasteiger partial charge is 0.467 e. The molecule has 1 N–H and O–H groups in total. The van der Waals surface area contributed by atoms with Gasteiger partial charge in [-0.2, -0.15) is 0 Å². The van der Waals surface area contributed by atoms with Crippen molar-refractivity contribution >= 4 is 47.3 Å². The Kier molecular flexibility index (Phi) is 13.4. The SMILES string of the molecule is CCCC(=O)Nc1cc(COC(=O)Oc2ccc([N+](=O)[O-])cc2)ccc1O[C@H]1O[C@@H](C(=O)OC)[C@H](OC(C)=O)[C@@H](OC(C)=O)[C@@H]1OC(C)=O. The van der Waals surface area contributed by atoms with Crippen molar-refractivity contribution in [1.29, 1.82) is 0 Å². The number of carbonyl (C=O) groups is 6. The number of anilines is 1. The van der Waals surface area contributed by atoms with Crippen LogP contribution >= 0.6 is 0 Å². The second kappa shape index (κ2) is 17.4. The van der Waals surface area contributed by atoms with Crippen LogP contribution in [-0.4, -0.2) is 78.7 Å². The van der Waals surface area contributed by atoms with Crippen molar-refractivity contribution in [2.45, 2.75) is 77.8 Å². The van der Waals surface area contributed by atoms with Crippen molar-refractivity contribution in [3.8, 4) is 11.5 Å². The first-order chi connectivity index (χ1) is 23.2. The first kappa shape index (κ1) is 37.7. The van der Waals surface area contributed by atoms with Crippen LogP contribution in [0.4, 0.5) is 16.2 Å². The first-order valence-corrected chi connectivity index (χ1v) is 14.7. The van der Waals surface area contributed by atoms with E-state index >= 15 is 0 Å². The maximum atomic E-state index is 12.8. The van der Waals surface area contributed by atoms with E-state index in [1.54, 1.807) is 6.92 Å². The number of nitrogens with one attached hydrogen (secondary N) is 1. The van der Waals surface area contributed by atoms with E-state index in [9.17, 15) is 38.9 Å². The fraction of sp³-hybridized carbons (Fsp3) is 0.419. The number of nitro groups is 1. The Hall–Kier alpha value is -5.78. The van der Waals surface area contributed by atoms with Gasteiger partial charge in [-0.3, -0.25) is 29.3 Å². The minimum absolute atomic E-state index is 0.00469. The third-order valence-electron chi connectivity index (χ3n) is 6.48. The van der Waals surface area contributed by atoms with Gasteiger partial charge in [0.2, 0.25) is 18.3 Å². The zero-order valence-corrected chi connectivity index (χ0v) is 27.0. The molecular formula is C31H34N2O16. The summed E-state index contributed by atoms with van der Waals surface area (Å²) in [5, 5.41) is 13.5. The molecule has 1 amide bonds. The highest BCUT2D eigenvalue weighted by Crippen LogP contribution is 2.34. The summed E-state index contributed by atoms with van der Waals surface area (Å²) in [6.45, 7) is 4.54. The average molecular weight is 691 g/mol. The Morgan fingerprint density at radius 2 is 1.49 bits per heavy atom.